The molecule has 3 heteroatoms. The Morgan fingerprint density at radius 1 is 1.16 bits per heavy atom. The molecule has 2 aromatic rings. The molecule has 0 bridgehead atoms. The lowest BCUT2D eigenvalue weighted by atomic mass is 9.93. The first kappa shape index (κ1) is 11.9. The number of hydrogen-bond acceptors (Lipinski definition) is 1. The van der Waals surface area contributed by atoms with Crippen molar-refractivity contribution in [2.75, 3.05) is 11.9 Å². The highest BCUT2D eigenvalue weighted by atomic mass is 19.1. The number of likely N-dealkylation sites (N-methyl/N-ethyl adjacent to an activating group) is 1. The topological polar surface area (TPSA) is 20.3 Å². The number of amides is 1. The highest BCUT2D eigenvalue weighted by molar-refractivity contribution is 6.04. The van der Waals surface area contributed by atoms with Crippen LogP contribution in [-0.2, 0) is 11.2 Å². The Bertz CT molecular complexity index is 638. The molecule has 1 amide bonds. The number of benzene rings is 2. The molecule has 2 nitrogen and oxygen atoms in total. The minimum absolute atomic E-state index is 0.0745. The smallest absolute Gasteiger partial charge is 0.234 e. The number of halogens is 1. The van der Waals surface area contributed by atoms with Crippen molar-refractivity contribution in [2.45, 2.75) is 12.3 Å². The second-order valence-corrected chi connectivity index (χ2v) is 4.84. The van der Waals surface area contributed by atoms with E-state index in [0.717, 1.165) is 16.8 Å². The van der Waals surface area contributed by atoms with Gasteiger partial charge in [-0.3, -0.25) is 4.79 Å². The van der Waals surface area contributed by atoms with E-state index in [0.29, 0.717) is 6.42 Å². The number of anilines is 1. The number of hydrogen-bond donors (Lipinski definition) is 0. The lowest BCUT2D eigenvalue weighted by Gasteiger charge is -2.11. The van der Waals surface area contributed by atoms with Crippen LogP contribution in [0.4, 0.5) is 10.1 Å². The first-order valence-corrected chi connectivity index (χ1v) is 6.28. The van der Waals surface area contributed by atoms with E-state index in [1.165, 1.54) is 12.1 Å². The Hall–Kier alpha value is -2.16. The van der Waals surface area contributed by atoms with Crippen LogP contribution in [0.5, 0.6) is 0 Å². The quantitative estimate of drug-likeness (QED) is 0.807. The van der Waals surface area contributed by atoms with Gasteiger partial charge in [0.25, 0.3) is 0 Å². The average Bonchev–Trinajstić information content (AvgIpc) is 2.65. The largest absolute Gasteiger partial charge is 0.315 e. The maximum atomic E-state index is 13.2. The predicted octanol–water partition coefficient (Wildman–Crippen LogP) is 3.13. The van der Waals surface area contributed by atoms with Gasteiger partial charge in [-0.05, 0) is 35.7 Å². The second kappa shape index (κ2) is 4.50. The molecule has 0 aromatic heterocycles. The summed E-state index contributed by atoms with van der Waals surface area (Å²) in [6.45, 7) is 0. The molecule has 3 rings (SSSR count). The lowest BCUT2D eigenvalue weighted by Crippen LogP contribution is -2.24. The predicted molar refractivity (Wildman–Crippen MR) is 72.7 cm³/mol. The molecule has 0 spiro atoms. The van der Waals surface area contributed by atoms with Gasteiger partial charge in [-0.1, -0.05) is 30.3 Å². The molecular formula is C16H14FNO. The van der Waals surface area contributed by atoms with Crippen LogP contribution in [0.1, 0.15) is 17.0 Å². The number of carbonyl (C=O) groups excluding carboxylic acids is 1. The van der Waals surface area contributed by atoms with Gasteiger partial charge in [0, 0.05) is 12.7 Å². The highest BCUT2D eigenvalue weighted by Crippen LogP contribution is 2.37. The van der Waals surface area contributed by atoms with Crippen LogP contribution in [0.2, 0.25) is 0 Å². The number of fused-ring (bicyclic) bond motifs is 1. The summed E-state index contributed by atoms with van der Waals surface area (Å²) >= 11 is 0. The Morgan fingerprint density at radius 2 is 1.95 bits per heavy atom. The fraction of sp³-hybridized carbons (Fsp3) is 0.188. The van der Waals surface area contributed by atoms with Crippen molar-refractivity contribution in [1.29, 1.82) is 0 Å². The van der Waals surface area contributed by atoms with Crippen LogP contribution >= 0.6 is 0 Å². The van der Waals surface area contributed by atoms with E-state index in [2.05, 4.69) is 0 Å². The van der Waals surface area contributed by atoms with Gasteiger partial charge in [-0.2, -0.15) is 0 Å². The maximum absolute atomic E-state index is 13.2. The number of nitrogens with zero attached hydrogens (tertiary/aromatic N) is 1. The van der Waals surface area contributed by atoms with Crippen LogP contribution in [-0.4, -0.2) is 13.0 Å². The Balaban J connectivity index is 1.95. The standard InChI is InChI=1S/C16H14FNO/c1-18-15-8-3-2-7-13(15)14(16(18)19)10-11-5-4-6-12(17)9-11/h2-9,14H,10H2,1H3/t14-/m0/s1. The van der Waals surface area contributed by atoms with Crippen molar-refractivity contribution in [3.63, 3.8) is 0 Å². The summed E-state index contributed by atoms with van der Waals surface area (Å²) in [5.41, 5.74) is 2.83. The van der Waals surface area contributed by atoms with Crippen molar-refractivity contribution < 1.29 is 9.18 Å². The monoisotopic (exact) mass is 255 g/mol. The van der Waals surface area contributed by atoms with Crippen LogP contribution in [0, 0.1) is 5.82 Å². The van der Waals surface area contributed by atoms with Gasteiger partial charge < -0.3 is 4.90 Å². The van der Waals surface area contributed by atoms with E-state index in [1.54, 1.807) is 18.0 Å². The molecule has 1 aliphatic heterocycles. The fourth-order valence-corrected chi connectivity index (χ4v) is 2.67. The van der Waals surface area contributed by atoms with E-state index < -0.39 is 0 Å². The van der Waals surface area contributed by atoms with Gasteiger partial charge in [0.05, 0.1) is 5.92 Å². The SMILES string of the molecule is CN1C(=O)[C@@H](Cc2cccc(F)c2)c2ccccc21. The molecule has 1 heterocycles. The molecule has 0 saturated heterocycles. The Kier molecular flexibility index (Phi) is 2.82. The molecule has 2 aromatic carbocycles. The molecular weight excluding hydrogens is 241 g/mol. The summed E-state index contributed by atoms with van der Waals surface area (Å²) in [5.74, 6) is -0.391. The summed E-state index contributed by atoms with van der Waals surface area (Å²) in [5, 5.41) is 0. The molecule has 0 aliphatic carbocycles. The molecule has 0 unspecified atom stereocenters. The van der Waals surface area contributed by atoms with Crippen molar-refractivity contribution >= 4 is 11.6 Å². The van der Waals surface area contributed by atoms with E-state index >= 15 is 0 Å². The van der Waals surface area contributed by atoms with Gasteiger partial charge in [0.15, 0.2) is 0 Å². The van der Waals surface area contributed by atoms with Crippen molar-refractivity contribution in [1.82, 2.24) is 0 Å². The summed E-state index contributed by atoms with van der Waals surface area (Å²) in [4.78, 5) is 14.0. The number of rotatable bonds is 2. The number of para-hydroxylation sites is 1. The van der Waals surface area contributed by atoms with Gasteiger partial charge in [-0.25, -0.2) is 4.39 Å². The fourth-order valence-electron chi connectivity index (χ4n) is 2.67. The molecule has 19 heavy (non-hydrogen) atoms. The summed E-state index contributed by atoms with van der Waals surface area (Å²) in [7, 11) is 1.78. The molecule has 1 atom stereocenters. The third-order valence-corrected chi connectivity index (χ3v) is 3.63. The molecule has 0 radical (unpaired) electrons. The van der Waals surface area contributed by atoms with Crippen LogP contribution in [0.3, 0.4) is 0 Å². The van der Waals surface area contributed by atoms with Gasteiger partial charge in [0.2, 0.25) is 5.91 Å². The average molecular weight is 255 g/mol. The molecule has 96 valence electrons. The third kappa shape index (κ3) is 2.01. The summed E-state index contributed by atoms with van der Waals surface area (Å²) in [6, 6.07) is 14.2. The lowest BCUT2D eigenvalue weighted by molar-refractivity contribution is -0.119. The Morgan fingerprint density at radius 3 is 2.74 bits per heavy atom. The van der Waals surface area contributed by atoms with Crippen molar-refractivity contribution in [3.8, 4) is 0 Å². The minimum atomic E-state index is -0.260. The van der Waals surface area contributed by atoms with Crippen LogP contribution in [0.15, 0.2) is 48.5 Å². The molecule has 1 aliphatic rings. The van der Waals surface area contributed by atoms with Crippen molar-refractivity contribution in [2.24, 2.45) is 0 Å². The van der Waals surface area contributed by atoms with Gasteiger partial charge in [0.1, 0.15) is 5.82 Å². The molecule has 0 N–H and O–H groups in total. The summed E-state index contributed by atoms with van der Waals surface area (Å²) < 4.78 is 13.2. The van der Waals surface area contributed by atoms with E-state index in [-0.39, 0.29) is 17.6 Å². The summed E-state index contributed by atoms with van der Waals surface area (Å²) in [6.07, 6.45) is 0.540. The van der Waals surface area contributed by atoms with Crippen LogP contribution in [0.25, 0.3) is 0 Å². The van der Waals surface area contributed by atoms with E-state index in [4.69, 9.17) is 0 Å². The molecule has 0 saturated carbocycles. The molecule has 0 fully saturated rings. The highest BCUT2D eigenvalue weighted by Gasteiger charge is 2.34. The second-order valence-electron chi connectivity index (χ2n) is 4.84. The Labute approximate surface area is 111 Å². The maximum Gasteiger partial charge on any atom is 0.234 e. The third-order valence-electron chi connectivity index (χ3n) is 3.63. The first-order valence-electron chi connectivity index (χ1n) is 6.28. The number of carbonyl (C=O) groups is 1. The van der Waals surface area contributed by atoms with Gasteiger partial charge >= 0.3 is 0 Å². The van der Waals surface area contributed by atoms with E-state index in [1.807, 2.05) is 30.3 Å². The minimum Gasteiger partial charge on any atom is -0.315 e. The zero-order valence-electron chi connectivity index (χ0n) is 10.6. The van der Waals surface area contributed by atoms with Crippen LogP contribution < -0.4 is 4.90 Å². The van der Waals surface area contributed by atoms with Gasteiger partial charge in [-0.15, -0.1) is 0 Å². The zero-order valence-corrected chi connectivity index (χ0v) is 10.6. The zero-order chi connectivity index (χ0) is 13.4. The normalized spacial score (nSPS) is 17.7. The van der Waals surface area contributed by atoms with Crippen molar-refractivity contribution in [3.05, 3.63) is 65.5 Å². The van der Waals surface area contributed by atoms with E-state index in [9.17, 15) is 9.18 Å². The first-order chi connectivity index (χ1) is 9.16.